The lowest BCUT2D eigenvalue weighted by atomic mass is 9.81. The number of carbonyl (C=O) groups is 1. The van der Waals surface area contributed by atoms with Crippen molar-refractivity contribution in [2.45, 2.75) is 53.1 Å². The van der Waals surface area contributed by atoms with Gasteiger partial charge in [0.2, 0.25) is 0 Å². The number of hydrogen-bond acceptors (Lipinski definition) is 3. The van der Waals surface area contributed by atoms with Crippen molar-refractivity contribution in [1.29, 1.82) is 0 Å². The molecule has 0 spiro atoms. The van der Waals surface area contributed by atoms with Gasteiger partial charge >= 0.3 is 5.97 Å². The van der Waals surface area contributed by atoms with E-state index < -0.39 is 0 Å². The number of hydrogen-bond donors (Lipinski definition) is 1. The van der Waals surface area contributed by atoms with Gasteiger partial charge < -0.3 is 10.5 Å². The molecule has 0 aromatic heterocycles. The van der Waals surface area contributed by atoms with Crippen molar-refractivity contribution in [2.24, 2.45) is 29.4 Å². The summed E-state index contributed by atoms with van der Waals surface area (Å²) < 4.78 is 5.63. The Morgan fingerprint density at radius 1 is 1.24 bits per heavy atom. The predicted octanol–water partition coefficient (Wildman–Crippen LogP) is 2.59. The third kappa shape index (κ3) is 4.30. The van der Waals surface area contributed by atoms with E-state index in [4.69, 9.17) is 10.5 Å². The van der Waals surface area contributed by atoms with Crippen LogP contribution in [0, 0.1) is 23.7 Å². The molecule has 2 N–H and O–H groups in total. The highest BCUT2D eigenvalue weighted by Crippen LogP contribution is 2.31. The number of rotatable bonds is 4. The van der Waals surface area contributed by atoms with Crippen molar-refractivity contribution in [3.05, 3.63) is 0 Å². The van der Waals surface area contributed by atoms with Gasteiger partial charge in [0.15, 0.2) is 0 Å². The Kier molecular flexibility index (Phi) is 5.44. The first-order valence-electron chi connectivity index (χ1n) is 6.84. The molecular formula is C14H27NO2. The van der Waals surface area contributed by atoms with Gasteiger partial charge in [0, 0.05) is 6.54 Å². The number of nitrogens with two attached hydrogens (primary N) is 1. The minimum atomic E-state index is -0.150. The minimum absolute atomic E-state index is 0.103. The molecule has 1 fully saturated rings. The van der Waals surface area contributed by atoms with E-state index in [2.05, 4.69) is 13.8 Å². The van der Waals surface area contributed by atoms with E-state index in [9.17, 15) is 4.79 Å². The molecule has 3 heteroatoms. The molecule has 1 saturated carbocycles. The maximum Gasteiger partial charge on any atom is 0.310 e. The van der Waals surface area contributed by atoms with Crippen LogP contribution in [0.5, 0.6) is 0 Å². The summed E-state index contributed by atoms with van der Waals surface area (Å²) in [6.45, 7) is 8.89. The monoisotopic (exact) mass is 241 g/mol. The number of esters is 1. The fourth-order valence-electron chi connectivity index (χ4n) is 2.86. The van der Waals surface area contributed by atoms with Gasteiger partial charge in [-0.05, 0) is 37.0 Å². The van der Waals surface area contributed by atoms with Gasteiger partial charge in [-0.2, -0.15) is 0 Å². The lowest BCUT2D eigenvalue weighted by Gasteiger charge is -2.32. The van der Waals surface area contributed by atoms with Crippen LogP contribution in [0.15, 0.2) is 0 Å². The predicted molar refractivity (Wildman–Crippen MR) is 69.4 cm³/mol. The molecule has 1 aliphatic rings. The summed E-state index contributed by atoms with van der Waals surface area (Å²) in [6, 6.07) is 0. The molecule has 0 aromatic rings. The van der Waals surface area contributed by atoms with E-state index >= 15 is 0 Å². The van der Waals surface area contributed by atoms with Gasteiger partial charge in [-0.3, -0.25) is 4.79 Å². The standard InChI is InChI=1S/C14H27NO2/c1-9(2)13(8-15)14(16)17-12-6-10(3)5-11(4)7-12/h9-13H,5-8,15H2,1-4H3. The number of ether oxygens (including phenoxy) is 1. The normalized spacial score (nSPS) is 31.3. The van der Waals surface area contributed by atoms with Gasteiger partial charge in [0.05, 0.1) is 5.92 Å². The molecule has 1 aliphatic carbocycles. The maximum atomic E-state index is 12.0. The van der Waals surface area contributed by atoms with E-state index in [1.165, 1.54) is 6.42 Å². The molecule has 0 saturated heterocycles. The molecule has 3 unspecified atom stereocenters. The molecular weight excluding hydrogens is 214 g/mol. The summed E-state index contributed by atoms with van der Waals surface area (Å²) in [4.78, 5) is 12.0. The van der Waals surface area contributed by atoms with Gasteiger partial charge in [-0.1, -0.05) is 27.7 Å². The second-order valence-electron chi connectivity index (χ2n) is 6.06. The zero-order chi connectivity index (χ0) is 13.0. The van der Waals surface area contributed by atoms with Gasteiger partial charge in [-0.25, -0.2) is 0 Å². The van der Waals surface area contributed by atoms with E-state index in [0.29, 0.717) is 18.4 Å². The second kappa shape index (κ2) is 6.39. The smallest absolute Gasteiger partial charge is 0.310 e. The Balaban J connectivity index is 2.50. The average Bonchev–Trinajstić information content (AvgIpc) is 2.15. The van der Waals surface area contributed by atoms with Crippen molar-refractivity contribution in [1.82, 2.24) is 0 Å². The molecule has 0 aliphatic heterocycles. The van der Waals surface area contributed by atoms with E-state index in [1.807, 2.05) is 13.8 Å². The maximum absolute atomic E-state index is 12.0. The summed E-state index contributed by atoms with van der Waals surface area (Å²) >= 11 is 0. The second-order valence-corrected chi connectivity index (χ2v) is 6.06. The third-order valence-electron chi connectivity index (χ3n) is 3.78. The number of carbonyl (C=O) groups excluding carboxylic acids is 1. The zero-order valence-corrected chi connectivity index (χ0v) is 11.6. The fraction of sp³-hybridized carbons (Fsp3) is 0.929. The first-order chi connectivity index (χ1) is 7.93. The first-order valence-corrected chi connectivity index (χ1v) is 6.84. The van der Waals surface area contributed by atoms with Gasteiger partial charge in [-0.15, -0.1) is 0 Å². The summed E-state index contributed by atoms with van der Waals surface area (Å²) in [5, 5.41) is 0. The molecule has 0 aromatic carbocycles. The van der Waals surface area contributed by atoms with Crippen molar-refractivity contribution < 1.29 is 9.53 Å². The van der Waals surface area contributed by atoms with Crippen LogP contribution >= 0.6 is 0 Å². The summed E-state index contributed by atoms with van der Waals surface area (Å²) in [5.41, 5.74) is 5.63. The molecule has 17 heavy (non-hydrogen) atoms. The van der Waals surface area contributed by atoms with Gasteiger partial charge in [0.25, 0.3) is 0 Å². The van der Waals surface area contributed by atoms with Crippen LogP contribution in [0.25, 0.3) is 0 Å². The van der Waals surface area contributed by atoms with Crippen LogP contribution in [0.3, 0.4) is 0 Å². The van der Waals surface area contributed by atoms with Crippen LogP contribution < -0.4 is 5.73 Å². The average molecular weight is 241 g/mol. The molecule has 3 nitrogen and oxygen atoms in total. The Labute approximate surface area is 105 Å². The van der Waals surface area contributed by atoms with Crippen molar-refractivity contribution in [3.63, 3.8) is 0 Å². The lowest BCUT2D eigenvalue weighted by Crippen LogP contribution is -2.35. The SMILES string of the molecule is CC1CC(C)CC(OC(=O)C(CN)C(C)C)C1. The van der Waals surface area contributed by atoms with E-state index in [0.717, 1.165) is 12.8 Å². The third-order valence-corrected chi connectivity index (χ3v) is 3.78. The molecule has 1 rings (SSSR count). The van der Waals surface area contributed by atoms with Crippen molar-refractivity contribution in [3.8, 4) is 0 Å². The van der Waals surface area contributed by atoms with Crippen LogP contribution in [-0.2, 0) is 9.53 Å². The molecule has 0 bridgehead atoms. The Morgan fingerprint density at radius 3 is 2.18 bits per heavy atom. The Hall–Kier alpha value is -0.570. The molecule has 0 radical (unpaired) electrons. The Morgan fingerprint density at radius 2 is 1.76 bits per heavy atom. The van der Waals surface area contributed by atoms with E-state index in [1.54, 1.807) is 0 Å². The van der Waals surface area contributed by atoms with Crippen LogP contribution in [0.2, 0.25) is 0 Å². The van der Waals surface area contributed by atoms with Crippen LogP contribution in [0.4, 0.5) is 0 Å². The van der Waals surface area contributed by atoms with Crippen molar-refractivity contribution >= 4 is 5.97 Å². The highest BCUT2D eigenvalue weighted by atomic mass is 16.5. The van der Waals surface area contributed by atoms with Gasteiger partial charge in [0.1, 0.15) is 6.10 Å². The summed E-state index contributed by atoms with van der Waals surface area (Å²) in [7, 11) is 0. The lowest BCUT2D eigenvalue weighted by molar-refractivity contribution is -0.158. The first kappa shape index (κ1) is 14.5. The van der Waals surface area contributed by atoms with E-state index in [-0.39, 0.29) is 23.9 Å². The summed E-state index contributed by atoms with van der Waals surface area (Å²) in [5.74, 6) is 1.32. The summed E-state index contributed by atoms with van der Waals surface area (Å²) in [6.07, 6.45) is 3.37. The Bertz CT molecular complexity index is 243. The quantitative estimate of drug-likeness (QED) is 0.770. The topological polar surface area (TPSA) is 52.3 Å². The minimum Gasteiger partial charge on any atom is -0.462 e. The fourth-order valence-corrected chi connectivity index (χ4v) is 2.86. The molecule has 0 heterocycles. The zero-order valence-electron chi connectivity index (χ0n) is 11.6. The molecule has 0 amide bonds. The van der Waals surface area contributed by atoms with Crippen LogP contribution in [-0.4, -0.2) is 18.6 Å². The largest absolute Gasteiger partial charge is 0.462 e. The van der Waals surface area contributed by atoms with Crippen molar-refractivity contribution in [2.75, 3.05) is 6.54 Å². The molecule has 3 atom stereocenters. The highest BCUT2D eigenvalue weighted by molar-refractivity contribution is 5.73. The van der Waals surface area contributed by atoms with Crippen LogP contribution in [0.1, 0.15) is 47.0 Å². The molecule has 100 valence electrons. The highest BCUT2D eigenvalue weighted by Gasteiger charge is 2.29.